The zero-order valence-electron chi connectivity index (χ0n) is 11.6. The van der Waals surface area contributed by atoms with Gasteiger partial charge in [0.15, 0.2) is 11.5 Å². The molecule has 3 N–H and O–H groups in total. The van der Waals surface area contributed by atoms with Crippen LogP contribution in [-0.2, 0) is 11.3 Å². The Hall–Kier alpha value is -1.95. The average molecular weight is 268 g/mol. The summed E-state index contributed by atoms with van der Waals surface area (Å²) in [5, 5.41) is 9.59. The van der Waals surface area contributed by atoms with E-state index in [-0.39, 0.29) is 5.75 Å². The summed E-state index contributed by atoms with van der Waals surface area (Å²) < 4.78 is 9.99. The van der Waals surface area contributed by atoms with Crippen LogP contribution >= 0.6 is 0 Å². The second-order valence-corrected chi connectivity index (χ2v) is 4.99. The summed E-state index contributed by atoms with van der Waals surface area (Å²) in [4.78, 5) is 11.4. The van der Waals surface area contributed by atoms with Gasteiger partial charge in [-0.15, -0.1) is 0 Å². The number of carbonyl (C=O) groups excluding carboxylic acids is 1. The fourth-order valence-corrected chi connectivity index (χ4v) is 1.37. The van der Waals surface area contributed by atoms with Crippen LogP contribution in [0.3, 0.4) is 0 Å². The predicted molar refractivity (Wildman–Crippen MR) is 70.9 cm³/mol. The fourth-order valence-electron chi connectivity index (χ4n) is 1.37. The van der Waals surface area contributed by atoms with Crippen molar-refractivity contribution in [3.05, 3.63) is 23.8 Å². The number of hydrogen-bond donors (Lipinski definition) is 3. The van der Waals surface area contributed by atoms with E-state index < -0.39 is 11.7 Å². The van der Waals surface area contributed by atoms with E-state index >= 15 is 0 Å². The van der Waals surface area contributed by atoms with Gasteiger partial charge in [-0.05, 0) is 38.5 Å². The first-order valence-corrected chi connectivity index (χ1v) is 5.89. The second kappa shape index (κ2) is 6.29. The predicted octanol–water partition coefficient (Wildman–Crippen LogP) is 1.93. The van der Waals surface area contributed by atoms with Crippen LogP contribution < -0.4 is 15.6 Å². The van der Waals surface area contributed by atoms with Gasteiger partial charge in [0.2, 0.25) is 0 Å². The van der Waals surface area contributed by atoms with Crippen molar-refractivity contribution in [3.63, 3.8) is 0 Å². The highest BCUT2D eigenvalue weighted by molar-refractivity contribution is 5.66. The second-order valence-electron chi connectivity index (χ2n) is 4.99. The first-order valence-electron chi connectivity index (χ1n) is 5.89. The van der Waals surface area contributed by atoms with E-state index in [4.69, 9.17) is 9.47 Å². The molecule has 1 aromatic carbocycles. The van der Waals surface area contributed by atoms with E-state index in [1.54, 1.807) is 39.0 Å². The summed E-state index contributed by atoms with van der Waals surface area (Å²) in [7, 11) is 1.48. The van der Waals surface area contributed by atoms with Gasteiger partial charge in [-0.25, -0.2) is 10.2 Å². The maximum Gasteiger partial charge on any atom is 0.422 e. The number of hydrogen-bond acceptors (Lipinski definition) is 5. The molecule has 0 aliphatic carbocycles. The molecule has 1 aromatic rings. The van der Waals surface area contributed by atoms with E-state index in [0.717, 1.165) is 5.56 Å². The van der Waals surface area contributed by atoms with Crippen LogP contribution in [0.5, 0.6) is 11.5 Å². The smallest absolute Gasteiger partial charge is 0.422 e. The summed E-state index contributed by atoms with van der Waals surface area (Å²) in [6.45, 7) is 5.72. The third-order valence-corrected chi connectivity index (χ3v) is 2.13. The maximum absolute atomic E-state index is 11.4. The Kier molecular flexibility index (Phi) is 5.00. The van der Waals surface area contributed by atoms with Gasteiger partial charge in [0, 0.05) is 6.54 Å². The molecule has 19 heavy (non-hydrogen) atoms. The van der Waals surface area contributed by atoms with Gasteiger partial charge in [-0.1, -0.05) is 6.07 Å². The number of aromatic hydroxyl groups is 1. The van der Waals surface area contributed by atoms with Gasteiger partial charge < -0.3 is 14.6 Å². The molecule has 0 bridgehead atoms. The number of hydrazine groups is 1. The van der Waals surface area contributed by atoms with Crippen molar-refractivity contribution in [1.29, 1.82) is 0 Å². The summed E-state index contributed by atoms with van der Waals surface area (Å²) in [6.07, 6.45) is -0.551. The number of benzene rings is 1. The van der Waals surface area contributed by atoms with Crippen LogP contribution in [0.25, 0.3) is 0 Å². The highest BCUT2D eigenvalue weighted by Crippen LogP contribution is 2.25. The number of nitrogens with one attached hydrogen (secondary N) is 2. The van der Waals surface area contributed by atoms with Crippen molar-refractivity contribution >= 4 is 6.09 Å². The molecule has 0 radical (unpaired) electrons. The molecular weight excluding hydrogens is 248 g/mol. The average Bonchev–Trinajstić information content (AvgIpc) is 2.26. The van der Waals surface area contributed by atoms with Crippen LogP contribution in [0.15, 0.2) is 18.2 Å². The largest absolute Gasteiger partial charge is 0.504 e. The molecule has 0 atom stereocenters. The lowest BCUT2D eigenvalue weighted by molar-refractivity contribution is 0.0497. The lowest BCUT2D eigenvalue weighted by Crippen LogP contribution is -2.40. The fraction of sp³-hybridized carbons (Fsp3) is 0.462. The molecule has 0 saturated carbocycles. The van der Waals surface area contributed by atoms with E-state index in [2.05, 4.69) is 10.9 Å². The molecule has 6 heteroatoms. The number of phenols is 1. The van der Waals surface area contributed by atoms with E-state index in [9.17, 15) is 9.90 Å². The number of carbonyl (C=O) groups is 1. The zero-order chi connectivity index (χ0) is 14.5. The molecule has 0 saturated heterocycles. The first kappa shape index (κ1) is 15.1. The number of amides is 1. The van der Waals surface area contributed by atoms with Crippen LogP contribution in [0.4, 0.5) is 4.79 Å². The van der Waals surface area contributed by atoms with Crippen molar-refractivity contribution in [3.8, 4) is 11.5 Å². The summed E-state index contributed by atoms with van der Waals surface area (Å²) in [5.74, 6) is 0.461. The third-order valence-electron chi connectivity index (χ3n) is 2.13. The number of phenolic OH excluding ortho intramolecular Hbond substituents is 1. The van der Waals surface area contributed by atoms with Gasteiger partial charge in [-0.2, -0.15) is 0 Å². The molecule has 0 unspecified atom stereocenters. The Balaban J connectivity index is 2.41. The van der Waals surface area contributed by atoms with Gasteiger partial charge in [0.1, 0.15) is 5.60 Å². The van der Waals surface area contributed by atoms with Gasteiger partial charge in [-0.3, -0.25) is 5.43 Å². The third kappa shape index (κ3) is 5.48. The quantitative estimate of drug-likeness (QED) is 0.727. The Morgan fingerprint density at radius 3 is 2.58 bits per heavy atom. The van der Waals surface area contributed by atoms with Crippen molar-refractivity contribution in [1.82, 2.24) is 10.9 Å². The Morgan fingerprint density at radius 1 is 1.37 bits per heavy atom. The monoisotopic (exact) mass is 268 g/mol. The van der Waals surface area contributed by atoms with Gasteiger partial charge in [0.25, 0.3) is 0 Å². The number of methoxy groups -OCH3 is 1. The minimum Gasteiger partial charge on any atom is -0.504 e. The zero-order valence-corrected chi connectivity index (χ0v) is 11.6. The molecule has 0 aromatic heterocycles. The minimum atomic E-state index is -0.551. The first-order chi connectivity index (χ1) is 8.81. The van der Waals surface area contributed by atoms with E-state index in [1.165, 1.54) is 7.11 Å². The molecule has 106 valence electrons. The number of rotatable bonds is 4. The standard InChI is InChI=1S/C13H20N2O4/c1-13(2,3)19-12(17)15-14-8-9-5-6-11(18-4)10(16)7-9/h5-7,14,16H,8H2,1-4H3,(H,15,17). The highest BCUT2D eigenvalue weighted by atomic mass is 16.6. The van der Waals surface area contributed by atoms with Crippen molar-refractivity contribution in [2.45, 2.75) is 32.9 Å². The molecule has 0 aliphatic rings. The molecule has 0 aliphatic heterocycles. The molecule has 0 spiro atoms. The van der Waals surface area contributed by atoms with Gasteiger partial charge >= 0.3 is 6.09 Å². The highest BCUT2D eigenvalue weighted by Gasteiger charge is 2.15. The van der Waals surface area contributed by atoms with Crippen LogP contribution in [-0.4, -0.2) is 23.9 Å². The molecule has 0 heterocycles. The maximum atomic E-state index is 11.4. The normalized spacial score (nSPS) is 10.9. The number of ether oxygens (including phenoxy) is 2. The van der Waals surface area contributed by atoms with Crippen molar-refractivity contribution in [2.75, 3.05) is 7.11 Å². The summed E-state index contributed by atoms with van der Waals surface area (Å²) in [5.41, 5.74) is 5.39. The van der Waals surface area contributed by atoms with Crippen molar-refractivity contribution in [2.24, 2.45) is 0 Å². The van der Waals surface area contributed by atoms with Crippen molar-refractivity contribution < 1.29 is 19.4 Å². The molecule has 6 nitrogen and oxygen atoms in total. The lowest BCUT2D eigenvalue weighted by Gasteiger charge is -2.19. The van der Waals surface area contributed by atoms with Crippen LogP contribution in [0.1, 0.15) is 26.3 Å². The van der Waals surface area contributed by atoms with E-state index in [0.29, 0.717) is 12.3 Å². The minimum absolute atomic E-state index is 0.0547. The summed E-state index contributed by atoms with van der Waals surface area (Å²) >= 11 is 0. The molecule has 1 amide bonds. The Bertz CT molecular complexity index is 441. The molecule has 1 rings (SSSR count). The van der Waals surface area contributed by atoms with E-state index in [1.807, 2.05) is 0 Å². The Morgan fingerprint density at radius 2 is 2.05 bits per heavy atom. The molecular formula is C13H20N2O4. The lowest BCUT2D eigenvalue weighted by atomic mass is 10.2. The topological polar surface area (TPSA) is 79.8 Å². The summed E-state index contributed by atoms with van der Waals surface area (Å²) in [6, 6.07) is 4.99. The molecule has 0 fully saturated rings. The Labute approximate surface area is 112 Å². The van der Waals surface area contributed by atoms with Gasteiger partial charge in [0.05, 0.1) is 7.11 Å². The van der Waals surface area contributed by atoms with Crippen LogP contribution in [0.2, 0.25) is 0 Å². The SMILES string of the molecule is COc1ccc(CNNC(=O)OC(C)(C)C)cc1O. The van der Waals surface area contributed by atoms with Crippen LogP contribution in [0, 0.1) is 0 Å².